The van der Waals surface area contributed by atoms with Crippen molar-refractivity contribution in [3.05, 3.63) is 78.1 Å². The fourth-order valence-electron chi connectivity index (χ4n) is 3.26. The molecule has 3 aromatic rings. The Morgan fingerprint density at radius 3 is 2.38 bits per heavy atom. The molecular formula is C22H25FN4O2. The van der Waals surface area contributed by atoms with Gasteiger partial charge in [-0.05, 0) is 41.8 Å². The van der Waals surface area contributed by atoms with E-state index in [-0.39, 0.29) is 23.6 Å². The SMILES string of the molecule is COc1ccc(C(CCNC(=O)C(C)Cn2cncn2)c2ccc(F)cc2)cc1. The van der Waals surface area contributed by atoms with E-state index in [2.05, 4.69) is 15.4 Å². The maximum Gasteiger partial charge on any atom is 0.224 e. The quantitative estimate of drug-likeness (QED) is 0.602. The monoisotopic (exact) mass is 396 g/mol. The van der Waals surface area contributed by atoms with Crippen molar-refractivity contribution in [1.82, 2.24) is 20.1 Å². The van der Waals surface area contributed by atoms with Gasteiger partial charge in [0.1, 0.15) is 24.2 Å². The number of hydrogen-bond donors (Lipinski definition) is 1. The third kappa shape index (κ3) is 5.63. The van der Waals surface area contributed by atoms with E-state index in [4.69, 9.17) is 4.74 Å². The molecule has 1 aromatic heterocycles. The average Bonchev–Trinajstić information content (AvgIpc) is 3.25. The number of ether oxygens (including phenoxy) is 1. The van der Waals surface area contributed by atoms with Gasteiger partial charge in [0, 0.05) is 12.5 Å². The molecule has 2 unspecified atom stereocenters. The van der Waals surface area contributed by atoms with E-state index in [0.29, 0.717) is 19.5 Å². The molecular weight excluding hydrogens is 371 g/mol. The highest BCUT2D eigenvalue weighted by molar-refractivity contribution is 5.78. The van der Waals surface area contributed by atoms with Crippen LogP contribution in [0.3, 0.4) is 0 Å². The number of carbonyl (C=O) groups excluding carboxylic acids is 1. The molecule has 0 aliphatic carbocycles. The van der Waals surface area contributed by atoms with Crippen LogP contribution < -0.4 is 10.1 Å². The lowest BCUT2D eigenvalue weighted by Gasteiger charge is -2.20. The average molecular weight is 396 g/mol. The molecule has 0 saturated carbocycles. The summed E-state index contributed by atoms with van der Waals surface area (Å²) in [7, 11) is 1.63. The summed E-state index contributed by atoms with van der Waals surface area (Å²) >= 11 is 0. The first-order valence-corrected chi connectivity index (χ1v) is 9.56. The number of aromatic nitrogens is 3. The number of methoxy groups -OCH3 is 1. The minimum absolute atomic E-state index is 0.0342. The minimum Gasteiger partial charge on any atom is -0.497 e. The molecule has 2 aromatic carbocycles. The van der Waals surface area contributed by atoms with Crippen molar-refractivity contribution in [2.24, 2.45) is 5.92 Å². The van der Waals surface area contributed by atoms with Crippen molar-refractivity contribution in [2.45, 2.75) is 25.8 Å². The molecule has 0 aliphatic heterocycles. The molecule has 0 aliphatic rings. The third-order valence-corrected chi connectivity index (χ3v) is 4.90. The summed E-state index contributed by atoms with van der Waals surface area (Å²) < 4.78 is 20.2. The molecule has 0 radical (unpaired) electrons. The Morgan fingerprint density at radius 1 is 1.14 bits per heavy atom. The van der Waals surface area contributed by atoms with Crippen molar-refractivity contribution in [3.63, 3.8) is 0 Å². The van der Waals surface area contributed by atoms with Gasteiger partial charge in [-0.15, -0.1) is 0 Å². The molecule has 1 heterocycles. The molecule has 0 saturated heterocycles. The van der Waals surface area contributed by atoms with Crippen molar-refractivity contribution in [1.29, 1.82) is 0 Å². The zero-order chi connectivity index (χ0) is 20.6. The van der Waals surface area contributed by atoms with E-state index in [0.717, 1.165) is 16.9 Å². The summed E-state index contributed by atoms with van der Waals surface area (Å²) in [6.07, 6.45) is 3.74. The van der Waals surface area contributed by atoms with Gasteiger partial charge in [0.05, 0.1) is 19.6 Å². The molecule has 152 valence electrons. The number of carbonyl (C=O) groups is 1. The normalized spacial score (nSPS) is 12.9. The molecule has 2 atom stereocenters. The summed E-state index contributed by atoms with van der Waals surface area (Å²) in [5, 5.41) is 7.03. The lowest BCUT2D eigenvalue weighted by molar-refractivity contribution is -0.124. The Labute approximate surface area is 169 Å². The molecule has 7 heteroatoms. The molecule has 0 bridgehead atoms. The fraction of sp³-hybridized carbons (Fsp3) is 0.318. The number of benzene rings is 2. The summed E-state index contributed by atoms with van der Waals surface area (Å²) in [5.41, 5.74) is 2.09. The predicted molar refractivity (Wildman–Crippen MR) is 108 cm³/mol. The van der Waals surface area contributed by atoms with Gasteiger partial charge in [-0.25, -0.2) is 9.37 Å². The molecule has 1 N–H and O–H groups in total. The van der Waals surface area contributed by atoms with Crippen LogP contribution in [-0.2, 0) is 11.3 Å². The van der Waals surface area contributed by atoms with E-state index >= 15 is 0 Å². The molecule has 3 rings (SSSR count). The van der Waals surface area contributed by atoms with Crippen LogP contribution in [0.1, 0.15) is 30.4 Å². The Hall–Kier alpha value is -3.22. The Bertz CT molecular complexity index is 896. The van der Waals surface area contributed by atoms with Crippen molar-refractivity contribution in [3.8, 4) is 5.75 Å². The molecule has 0 spiro atoms. The van der Waals surface area contributed by atoms with Gasteiger partial charge in [0.25, 0.3) is 0 Å². The number of nitrogens with one attached hydrogen (secondary N) is 1. The standard InChI is InChI=1S/C22H25FN4O2/c1-16(13-27-15-24-14-26-27)22(28)25-12-11-21(17-3-7-19(23)8-4-17)18-5-9-20(29-2)10-6-18/h3-10,14-16,21H,11-13H2,1-2H3,(H,25,28). The van der Waals surface area contributed by atoms with E-state index in [1.54, 1.807) is 30.3 Å². The van der Waals surface area contributed by atoms with Gasteiger partial charge in [0.15, 0.2) is 0 Å². The second kappa shape index (κ2) is 9.82. The molecule has 0 fully saturated rings. The van der Waals surface area contributed by atoms with Gasteiger partial charge in [-0.1, -0.05) is 31.2 Å². The number of hydrogen-bond acceptors (Lipinski definition) is 4. The minimum atomic E-state index is -0.266. The molecule has 29 heavy (non-hydrogen) atoms. The van der Waals surface area contributed by atoms with Crippen LogP contribution in [0.4, 0.5) is 4.39 Å². The zero-order valence-corrected chi connectivity index (χ0v) is 16.6. The molecule has 1 amide bonds. The first-order valence-electron chi connectivity index (χ1n) is 9.56. The highest BCUT2D eigenvalue weighted by Gasteiger charge is 2.17. The summed E-state index contributed by atoms with van der Waals surface area (Å²) in [5.74, 6) is 0.293. The maximum absolute atomic E-state index is 13.4. The van der Waals surface area contributed by atoms with Crippen LogP contribution >= 0.6 is 0 Å². The number of halogens is 1. The van der Waals surface area contributed by atoms with Crippen LogP contribution in [0, 0.1) is 11.7 Å². The summed E-state index contributed by atoms with van der Waals surface area (Å²) in [6, 6.07) is 14.3. The summed E-state index contributed by atoms with van der Waals surface area (Å²) in [6.45, 7) is 2.85. The fourth-order valence-corrected chi connectivity index (χ4v) is 3.26. The van der Waals surface area contributed by atoms with Crippen LogP contribution in [-0.4, -0.2) is 34.3 Å². The van der Waals surface area contributed by atoms with Gasteiger partial charge in [-0.2, -0.15) is 5.10 Å². The lowest BCUT2D eigenvalue weighted by Crippen LogP contribution is -2.33. The van der Waals surface area contributed by atoms with Gasteiger partial charge in [0.2, 0.25) is 5.91 Å². The zero-order valence-electron chi connectivity index (χ0n) is 16.6. The Balaban J connectivity index is 1.64. The van der Waals surface area contributed by atoms with Gasteiger partial charge in [-0.3, -0.25) is 9.48 Å². The van der Waals surface area contributed by atoms with Gasteiger partial charge < -0.3 is 10.1 Å². The first-order chi connectivity index (χ1) is 14.1. The van der Waals surface area contributed by atoms with E-state index in [9.17, 15) is 9.18 Å². The molecule has 6 nitrogen and oxygen atoms in total. The highest BCUT2D eigenvalue weighted by atomic mass is 19.1. The largest absolute Gasteiger partial charge is 0.497 e. The van der Waals surface area contributed by atoms with E-state index in [1.807, 2.05) is 31.2 Å². The second-order valence-corrected chi connectivity index (χ2v) is 6.98. The van der Waals surface area contributed by atoms with Crippen molar-refractivity contribution >= 4 is 5.91 Å². The smallest absolute Gasteiger partial charge is 0.224 e. The number of amides is 1. The number of rotatable bonds is 9. The van der Waals surface area contributed by atoms with Crippen LogP contribution in [0.2, 0.25) is 0 Å². The number of nitrogens with zero attached hydrogens (tertiary/aromatic N) is 3. The van der Waals surface area contributed by atoms with Crippen molar-refractivity contribution in [2.75, 3.05) is 13.7 Å². The summed E-state index contributed by atoms with van der Waals surface area (Å²) in [4.78, 5) is 16.3. The topological polar surface area (TPSA) is 69.0 Å². The maximum atomic E-state index is 13.4. The second-order valence-electron chi connectivity index (χ2n) is 6.98. The van der Waals surface area contributed by atoms with Gasteiger partial charge >= 0.3 is 0 Å². The van der Waals surface area contributed by atoms with Crippen molar-refractivity contribution < 1.29 is 13.9 Å². The third-order valence-electron chi connectivity index (χ3n) is 4.90. The lowest BCUT2D eigenvalue weighted by atomic mass is 9.88. The first kappa shape index (κ1) is 20.5. The Morgan fingerprint density at radius 2 is 1.79 bits per heavy atom. The van der Waals surface area contributed by atoms with E-state index in [1.165, 1.54) is 18.5 Å². The van der Waals surface area contributed by atoms with Crippen LogP contribution in [0.5, 0.6) is 5.75 Å². The predicted octanol–water partition coefficient (Wildman–Crippen LogP) is 3.40. The Kier molecular flexibility index (Phi) is 6.94. The highest BCUT2D eigenvalue weighted by Crippen LogP contribution is 2.29. The van der Waals surface area contributed by atoms with E-state index < -0.39 is 0 Å². The van der Waals surface area contributed by atoms with Crippen LogP contribution in [0.15, 0.2) is 61.2 Å². The van der Waals surface area contributed by atoms with Crippen LogP contribution in [0.25, 0.3) is 0 Å².